The van der Waals surface area contributed by atoms with E-state index in [1.807, 2.05) is 0 Å². The van der Waals surface area contributed by atoms with Gasteiger partial charge in [-0.05, 0) is 57.5 Å². The number of halogens is 3. The first-order chi connectivity index (χ1) is 9.84. The van der Waals surface area contributed by atoms with E-state index in [1.54, 1.807) is 0 Å². The van der Waals surface area contributed by atoms with Crippen molar-refractivity contribution in [3.63, 3.8) is 0 Å². The van der Waals surface area contributed by atoms with Crippen LogP contribution in [0.2, 0.25) is 0 Å². The first-order valence-electron chi connectivity index (χ1n) is 7.12. The van der Waals surface area contributed by atoms with Gasteiger partial charge in [-0.15, -0.1) is 0 Å². The molecule has 118 valence electrons. The Morgan fingerprint density at radius 1 is 1.33 bits per heavy atom. The van der Waals surface area contributed by atoms with Crippen molar-refractivity contribution in [2.24, 2.45) is 5.92 Å². The van der Waals surface area contributed by atoms with Crippen LogP contribution in [0.5, 0.6) is 0 Å². The molecule has 0 spiro atoms. The lowest BCUT2D eigenvalue weighted by Gasteiger charge is -2.28. The van der Waals surface area contributed by atoms with Crippen LogP contribution in [0.15, 0.2) is 12.1 Å². The smallest absolute Gasteiger partial charge is 0.384 e. The van der Waals surface area contributed by atoms with Crippen LogP contribution >= 0.6 is 0 Å². The maximum Gasteiger partial charge on any atom is 0.416 e. The SMILES string of the molecule is CN1CCC(CCNc2cc(C(F)(F)F)cc(N)n2)CC1. The molecule has 0 aliphatic carbocycles. The average Bonchev–Trinajstić information content (AvgIpc) is 2.39. The predicted octanol–water partition coefficient (Wildman–Crippen LogP) is 2.83. The van der Waals surface area contributed by atoms with Gasteiger partial charge in [-0.1, -0.05) is 0 Å². The number of likely N-dealkylation sites (tertiary alicyclic amines) is 1. The molecule has 1 aliphatic rings. The summed E-state index contributed by atoms with van der Waals surface area (Å²) < 4.78 is 38.0. The summed E-state index contributed by atoms with van der Waals surface area (Å²) in [5, 5.41) is 2.95. The lowest BCUT2D eigenvalue weighted by Crippen LogP contribution is -2.30. The zero-order chi connectivity index (χ0) is 15.5. The van der Waals surface area contributed by atoms with Crippen LogP contribution in [0, 0.1) is 5.92 Å². The van der Waals surface area contributed by atoms with Crippen LogP contribution < -0.4 is 11.1 Å². The van der Waals surface area contributed by atoms with Gasteiger partial charge in [-0.2, -0.15) is 13.2 Å². The van der Waals surface area contributed by atoms with Gasteiger partial charge in [-0.25, -0.2) is 4.98 Å². The summed E-state index contributed by atoms with van der Waals surface area (Å²) in [6.45, 7) is 2.78. The quantitative estimate of drug-likeness (QED) is 0.898. The van der Waals surface area contributed by atoms with Crippen LogP contribution in [0.1, 0.15) is 24.8 Å². The molecule has 1 aromatic heterocycles. The number of piperidine rings is 1. The van der Waals surface area contributed by atoms with E-state index in [2.05, 4.69) is 22.2 Å². The Hall–Kier alpha value is -1.50. The minimum absolute atomic E-state index is 0.119. The third-order valence-electron chi connectivity index (χ3n) is 3.87. The third-order valence-corrected chi connectivity index (χ3v) is 3.87. The second kappa shape index (κ2) is 6.51. The fourth-order valence-electron chi connectivity index (χ4n) is 2.56. The van der Waals surface area contributed by atoms with E-state index >= 15 is 0 Å². The van der Waals surface area contributed by atoms with Crippen LogP contribution in [0.4, 0.5) is 24.8 Å². The second-order valence-corrected chi connectivity index (χ2v) is 5.63. The molecule has 3 N–H and O–H groups in total. The van der Waals surface area contributed by atoms with Gasteiger partial charge >= 0.3 is 6.18 Å². The van der Waals surface area contributed by atoms with Crippen molar-refractivity contribution in [1.29, 1.82) is 0 Å². The first-order valence-corrected chi connectivity index (χ1v) is 7.12. The summed E-state index contributed by atoms with van der Waals surface area (Å²) in [5.41, 5.74) is 4.66. The highest BCUT2D eigenvalue weighted by Gasteiger charge is 2.31. The Bertz CT molecular complexity index is 468. The van der Waals surface area contributed by atoms with E-state index < -0.39 is 11.7 Å². The molecular weight excluding hydrogens is 281 g/mol. The summed E-state index contributed by atoms with van der Waals surface area (Å²) >= 11 is 0. The van der Waals surface area contributed by atoms with Gasteiger partial charge in [0.05, 0.1) is 5.56 Å². The maximum atomic E-state index is 12.7. The van der Waals surface area contributed by atoms with Gasteiger partial charge in [0.2, 0.25) is 0 Å². The van der Waals surface area contributed by atoms with Crippen molar-refractivity contribution in [1.82, 2.24) is 9.88 Å². The van der Waals surface area contributed by atoms with Gasteiger partial charge in [-0.3, -0.25) is 0 Å². The van der Waals surface area contributed by atoms with Gasteiger partial charge in [0.1, 0.15) is 11.6 Å². The number of nitrogens with one attached hydrogen (secondary N) is 1. The topological polar surface area (TPSA) is 54.2 Å². The third kappa shape index (κ3) is 4.77. The van der Waals surface area contributed by atoms with Crippen LogP contribution in [0.3, 0.4) is 0 Å². The number of hydrogen-bond acceptors (Lipinski definition) is 4. The van der Waals surface area contributed by atoms with Crippen molar-refractivity contribution < 1.29 is 13.2 Å². The molecule has 1 aromatic rings. The molecule has 2 heterocycles. The Balaban J connectivity index is 1.87. The normalized spacial score (nSPS) is 17.9. The van der Waals surface area contributed by atoms with E-state index in [1.165, 1.54) is 0 Å². The van der Waals surface area contributed by atoms with Crippen molar-refractivity contribution in [2.45, 2.75) is 25.4 Å². The minimum atomic E-state index is -4.40. The van der Waals surface area contributed by atoms with Crippen molar-refractivity contribution >= 4 is 11.6 Å². The van der Waals surface area contributed by atoms with Gasteiger partial charge in [0.25, 0.3) is 0 Å². The molecule has 1 aliphatic heterocycles. The Labute approximate surface area is 122 Å². The summed E-state index contributed by atoms with van der Waals surface area (Å²) in [6, 6.07) is 1.85. The molecule has 0 saturated carbocycles. The Kier molecular flexibility index (Phi) is 4.92. The number of nitrogens with two attached hydrogens (primary N) is 1. The van der Waals surface area contributed by atoms with Gasteiger partial charge in [0.15, 0.2) is 0 Å². The summed E-state index contributed by atoms with van der Waals surface area (Å²) in [5.74, 6) is 0.693. The minimum Gasteiger partial charge on any atom is -0.384 e. The van der Waals surface area contributed by atoms with Gasteiger partial charge in [0, 0.05) is 6.54 Å². The first kappa shape index (κ1) is 15.9. The fraction of sp³-hybridized carbons (Fsp3) is 0.643. The van der Waals surface area contributed by atoms with Crippen molar-refractivity contribution in [2.75, 3.05) is 37.7 Å². The molecule has 0 atom stereocenters. The number of hydrogen-bond donors (Lipinski definition) is 2. The van der Waals surface area contributed by atoms with Crippen LogP contribution in [0.25, 0.3) is 0 Å². The monoisotopic (exact) mass is 302 g/mol. The number of nitrogen functional groups attached to an aromatic ring is 1. The lowest BCUT2D eigenvalue weighted by atomic mass is 9.94. The van der Waals surface area contributed by atoms with Crippen molar-refractivity contribution in [3.8, 4) is 0 Å². The summed E-state index contributed by atoms with van der Waals surface area (Å²) in [6.07, 6.45) is -1.19. The van der Waals surface area contributed by atoms with E-state index in [4.69, 9.17) is 5.73 Å². The predicted molar refractivity (Wildman–Crippen MR) is 77.0 cm³/mol. The fourth-order valence-corrected chi connectivity index (χ4v) is 2.56. The molecule has 7 heteroatoms. The Morgan fingerprint density at radius 2 is 2.00 bits per heavy atom. The molecule has 0 amide bonds. The standard InChI is InChI=1S/C14H21F3N4/c1-21-6-3-10(4-7-21)2-5-19-13-9-11(14(15,16)17)8-12(18)20-13/h8-10H,2-7H2,1H3,(H3,18,19,20). The van der Waals surface area contributed by atoms with Crippen molar-refractivity contribution in [3.05, 3.63) is 17.7 Å². The Morgan fingerprint density at radius 3 is 2.62 bits per heavy atom. The number of alkyl halides is 3. The number of rotatable bonds is 4. The van der Waals surface area contributed by atoms with E-state index in [-0.39, 0.29) is 11.6 Å². The number of nitrogens with zero attached hydrogens (tertiary/aromatic N) is 2. The largest absolute Gasteiger partial charge is 0.416 e. The van der Waals surface area contributed by atoms with E-state index in [9.17, 15) is 13.2 Å². The maximum absolute atomic E-state index is 12.7. The molecule has 0 unspecified atom stereocenters. The zero-order valence-electron chi connectivity index (χ0n) is 12.1. The molecular formula is C14H21F3N4. The molecule has 0 radical (unpaired) electrons. The molecule has 1 saturated heterocycles. The average molecular weight is 302 g/mol. The van der Waals surface area contributed by atoms with E-state index in [0.717, 1.165) is 44.5 Å². The molecule has 0 bridgehead atoms. The van der Waals surface area contributed by atoms with E-state index in [0.29, 0.717) is 12.5 Å². The highest BCUT2D eigenvalue weighted by molar-refractivity contribution is 5.47. The highest BCUT2D eigenvalue weighted by Crippen LogP contribution is 2.31. The number of aromatic nitrogens is 1. The molecule has 1 fully saturated rings. The molecule has 21 heavy (non-hydrogen) atoms. The van der Waals surface area contributed by atoms with Crippen LogP contribution in [-0.4, -0.2) is 36.6 Å². The summed E-state index contributed by atoms with van der Waals surface area (Å²) in [7, 11) is 2.10. The lowest BCUT2D eigenvalue weighted by molar-refractivity contribution is -0.137. The van der Waals surface area contributed by atoms with Crippen LogP contribution in [-0.2, 0) is 6.18 Å². The summed E-state index contributed by atoms with van der Waals surface area (Å²) in [4.78, 5) is 6.19. The molecule has 0 aromatic carbocycles. The molecule has 4 nitrogen and oxygen atoms in total. The number of pyridine rings is 1. The highest BCUT2D eigenvalue weighted by atomic mass is 19.4. The number of anilines is 2. The van der Waals surface area contributed by atoms with Gasteiger partial charge < -0.3 is 16.0 Å². The zero-order valence-corrected chi connectivity index (χ0v) is 12.1. The second-order valence-electron chi connectivity index (χ2n) is 5.63. The molecule has 2 rings (SSSR count).